The molecule has 0 aromatic heterocycles. The molecule has 0 fully saturated rings. The topological polar surface area (TPSA) is 74.6 Å². The smallest absolute Gasteiger partial charge is 0.167 e. The SMILES string of the molecule is O=C1C=CC(=O)C2C(O)=CC=C(O)C12. The first-order valence-corrected chi connectivity index (χ1v) is 4.16. The molecule has 0 aromatic rings. The number of hydrogen-bond donors (Lipinski definition) is 2. The van der Waals surface area contributed by atoms with Crippen molar-refractivity contribution in [3.63, 3.8) is 0 Å². The second-order valence-electron chi connectivity index (χ2n) is 3.28. The van der Waals surface area contributed by atoms with Crippen LogP contribution in [0.25, 0.3) is 0 Å². The van der Waals surface area contributed by atoms with Gasteiger partial charge in [0.25, 0.3) is 0 Å². The summed E-state index contributed by atoms with van der Waals surface area (Å²) in [6, 6.07) is 0. The molecule has 2 rings (SSSR count). The third-order valence-electron chi connectivity index (χ3n) is 2.42. The fourth-order valence-corrected chi connectivity index (χ4v) is 1.71. The summed E-state index contributed by atoms with van der Waals surface area (Å²) in [5.41, 5.74) is 0. The van der Waals surface area contributed by atoms with Gasteiger partial charge in [-0.3, -0.25) is 9.59 Å². The molecule has 0 aliphatic heterocycles. The second kappa shape index (κ2) is 2.83. The van der Waals surface area contributed by atoms with Gasteiger partial charge in [-0.25, -0.2) is 0 Å². The van der Waals surface area contributed by atoms with Crippen LogP contribution in [-0.2, 0) is 9.59 Å². The standard InChI is InChI=1S/C10H8O4/c11-5-1-2-6(12)10-8(14)4-3-7(13)9(5)10/h1-4,9-12H. The van der Waals surface area contributed by atoms with Crippen molar-refractivity contribution in [2.75, 3.05) is 0 Å². The molecule has 0 radical (unpaired) electrons. The van der Waals surface area contributed by atoms with Crippen LogP contribution >= 0.6 is 0 Å². The number of rotatable bonds is 0. The highest BCUT2D eigenvalue weighted by Gasteiger charge is 2.41. The Hall–Kier alpha value is -1.84. The van der Waals surface area contributed by atoms with Gasteiger partial charge < -0.3 is 10.2 Å². The van der Waals surface area contributed by atoms with E-state index in [2.05, 4.69) is 0 Å². The molecule has 2 aliphatic carbocycles. The maximum Gasteiger partial charge on any atom is 0.167 e. The van der Waals surface area contributed by atoms with Crippen molar-refractivity contribution in [2.45, 2.75) is 0 Å². The van der Waals surface area contributed by atoms with Crippen LogP contribution in [0.4, 0.5) is 0 Å². The molecule has 0 amide bonds. The first-order valence-electron chi connectivity index (χ1n) is 4.16. The largest absolute Gasteiger partial charge is 0.511 e. The molecule has 0 bridgehead atoms. The second-order valence-corrected chi connectivity index (χ2v) is 3.28. The summed E-state index contributed by atoms with van der Waals surface area (Å²) < 4.78 is 0. The molecule has 0 saturated heterocycles. The highest BCUT2D eigenvalue weighted by molar-refractivity contribution is 6.09. The highest BCUT2D eigenvalue weighted by atomic mass is 16.3. The minimum absolute atomic E-state index is 0.171. The van der Waals surface area contributed by atoms with Crippen LogP contribution in [-0.4, -0.2) is 21.8 Å². The molecule has 0 saturated carbocycles. The van der Waals surface area contributed by atoms with Gasteiger partial charge in [0.1, 0.15) is 11.5 Å². The van der Waals surface area contributed by atoms with Gasteiger partial charge in [0.15, 0.2) is 11.6 Å². The molecule has 2 N–H and O–H groups in total. The lowest BCUT2D eigenvalue weighted by Crippen LogP contribution is -2.36. The molecular formula is C10H8O4. The molecule has 0 spiro atoms. The molecule has 2 atom stereocenters. The predicted molar refractivity (Wildman–Crippen MR) is 47.6 cm³/mol. The first-order chi connectivity index (χ1) is 6.61. The molecule has 0 heterocycles. The molecule has 14 heavy (non-hydrogen) atoms. The number of carbonyl (C=O) groups excluding carboxylic acids is 2. The van der Waals surface area contributed by atoms with E-state index >= 15 is 0 Å². The fourth-order valence-electron chi connectivity index (χ4n) is 1.71. The summed E-state index contributed by atoms with van der Waals surface area (Å²) in [6.07, 6.45) is 4.74. The number of ketones is 2. The Balaban J connectivity index is 2.52. The van der Waals surface area contributed by atoms with E-state index in [4.69, 9.17) is 0 Å². The van der Waals surface area contributed by atoms with Gasteiger partial charge in [0.05, 0.1) is 11.8 Å². The number of allylic oxidation sites excluding steroid dienone is 6. The van der Waals surface area contributed by atoms with E-state index in [9.17, 15) is 19.8 Å². The average Bonchev–Trinajstić information content (AvgIpc) is 2.16. The van der Waals surface area contributed by atoms with Crippen LogP contribution in [0.5, 0.6) is 0 Å². The monoisotopic (exact) mass is 192 g/mol. The molecule has 2 aliphatic rings. The van der Waals surface area contributed by atoms with Gasteiger partial charge in [0, 0.05) is 0 Å². The number of aliphatic hydroxyl groups excluding tert-OH is 2. The van der Waals surface area contributed by atoms with Gasteiger partial charge in [-0.2, -0.15) is 0 Å². The Kier molecular flexibility index (Phi) is 1.77. The van der Waals surface area contributed by atoms with E-state index in [1.54, 1.807) is 0 Å². The van der Waals surface area contributed by atoms with Gasteiger partial charge in [0.2, 0.25) is 0 Å². The summed E-state index contributed by atoms with van der Waals surface area (Å²) >= 11 is 0. The quantitative estimate of drug-likeness (QED) is 0.596. The van der Waals surface area contributed by atoms with Crippen LogP contribution < -0.4 is 0 Å². The van der Waals surface area contributed by atoms with Gasteiger partial charge in [-0.05, 0) is 24.3 Å². The summed E-state index contributed by atoms with van der Waals surface area (Å²) in [6.45, 7) is 0. The lowest BCUT2D eigenvalue weighted by atomic mass is 9.76. The minimum Gasteiger partial charge on any atom is -0.511 e. The van der Waals surface area contributed by atoms with E-state index in [0.29, 0.717) is 0 Å². The van der Waals surface area contributed by atoms with Crippen molar-refractivity contribution in [3.8, 4) is 0 Å². The molecular weight excluding hydrogens is 184 g/mol. The van der Waals surface area contributed by atoms with Gasteiger partial charge in [-0.15, -0.1) is 0 Å². The van der Waals surface area contributed by atoms with Crippen molar-refractivity contribution in [3.05, 3.63) is 35.8 Å². The van der Waals surface area contributed by atoms with E-state index in [1.165, 1.54) is 12.2 Å². The summed E-state index contributed by atoms with van der Waals surface area (Å²) in [7, 11) is 0. The van der Waals surface area contributed by atoms with E-state index in [-0.39, 0.29) is 23.1 Å². The highest BCUT2D eigenvalue weighted by Crippen LogP contribution is 2.33. The Morgan fingerprint density at radius 3 is 1.57 bits per heavy atom. The third-order valence-corrected chi connectivity index (χ3v) is 2.42. The van der Waals surface area contributed by atoms with Crippen molar-refractivity contribution < 1.29 is 19.8 Å². The Morgan fingerprint density at radius 2 is 1.21 bits per heavy atom. The molecule has 72 valence electrons. The Labute approximate surface area is 79.9 Å². The van der Waals surface area contributed by atoms with Gasteiger partial charge >= 0.3 is 0 Å². The molecule has 4 heteroatoms. The first kappa shape index (κ1) is 8.74. The Morgan fingerprint density at radius 1 is 0.857 bits per heavy atom. The summed E-state index contributed by atoms with van der Waals surface area (Å²) in [4.78, 5) is 22.7. The van der Waals surface area contributed by atoms with Crippen LogP contribution in [0.2, 0.25) is 0 Å². The van der Waals surface area contributed by atoms with Crippen molar-refractivity contribution in [1.29, 1.82) is 0 Å². The molecule has 4 nitrogen and oxygen atoms in total. The van der Waals surface area contributed by atoms with Crippen LogP contribution in [0.15, 0.2) is 35.8 Å². The van der Waals surface area contributed by atoms with Gasteiger partial charge in [-0.1, -0.05) is 0 Å². The maximum absolute atomic E-state index is 11.4. The normalized spacial score (nSPS) is 30.9. The zero-order chi connectivity index (χ0) is 10.3. The number of aliphatic hydroxyl groups is 2. The number of fused-ring (bicyclic) bond motifs is 1. The minimum atomic E-state index is -0.933. The van der Waals surface area contributed by atoms with Crippen LogP contribution in [0.1, 0.15) is 0 Å². The number of carbonyl (C=O) groups is 2. The van der Waals surface area contributed by atoms with Crippen molar-refractivity contribution >= 4 is 11.6 Å². The zero-order valence-electron chi connectivity index (χ0n) is 7.18. The van der Waals surface area contributed by atoms with E-state index in [0.717, 1.165) is 12.2 Å². The lowest BCUT2D eigenvalue weighted by molar-refractivity contribution is -0.128. The zero-order valence-corrected chi connectivity index (χ0v) is 7.18. The average molecular weight is 192 g/mol. The van der Waals surface area contributed by atoms with Crippen molar-refractivity contribution in [2.24, 2.45) is 11.8 Å². The Bertz CT molecular complexity index is 362. The van der Waals surface area contributed by atoms with Crippen molar-refractivity contribution in [1.82, 2.24) is 0 Å². The number of hydrogen-bond acceptors (Lipinski definition) is 4. The summed E-state index contributed by atoms with van der Waals surface area (Å²) in [5, 5.41) is 18.8. The van der Waals surface area contributed by atoms with Crippen LogP contribution in [0, 0.1) is 11.8 Å². The fraction of sp³-hybridized carbons (Fsp3) is 0.200. The van der Waals surface area contributed by atoms with Crippen LogP contribution in [0.3, 0.4) is 0 Å². The molecule has 0 aromatic carbocycles. The molecule has 2 unspecified atom stereocenters. The summed E-state index contributed by atoms with van der Waals surface area (Å²) in [5.74, 6) is -2.92. The maximum atomic E-state index is 11.4. The van der Waals surface area contributed by atoms with E-state index in [1.807, 2.05) is 0 Å². The lowest BCUT2D eigenvalue weighted by Gasteiger charge is -2.27. The predicted octanol–water partition coefficient (Wildman–Crippen LogP) is 0.824. The third kappa shape index (κ3) is 1.08. The van der Waals surface area contributed by atoms with E-state index < -0.39 is 11.8 Å².